The van der Waals surface area contributed by atoms with Crippen LogP contribution >= 0.6 is 27.7 Å². The molecule has 0 saturated carbocycles. The molecular formula is C10H14BrN3S. The summed E-state index contributed by atoms with van der Waals surface area (Å²) in [6.45, 7) is 0.978. The van der Waals surface area contributed by atoms with Gasteiger partial charge in [-0.15, -0.1) is 0 Å². The number of hydrogen-bond acceptors (Lipinski definition) is 4. The van der Waals surface area contributed by atoms with E-state index in [-0.39, 0.29) is 0 Å². The molecule has 1 atom stereocenters. The molecule has 0 spiro atoms. The molecule has 0 bridgehead atoms. The lowest BCUT2D eigenvalue weighted by Crippen LogP contribution is -2.15. The minimum Gasteiger partial charge on any atom is -0.396 e. The molecule has 2 rings (SSSR count). The minimum absolute atomic E-state index is 0.704. The zero-order valence-corrected chi connectivity index (χ0v) is 10.8. The molecule has 15 heavy (non-hydrogen) atoms. The number of halogens is 1. The monoisotopic (exact) mass is 287 g/mol. The topological polar surface area (TPSA) is 50.9 Å². The molecule has 2 heterocycles. The fourth-order valence-electron chi connectivity index (χ4n) is 1.59. The summed E-state index contributed by atoms with van der Waals surface area (Å²) < 4.78 is 0.918. The van der Waals surface area contributed by atoms with Gasteiger partial charge in [-0.1, -0.05) is 0 Å². The predicted octanol–water partition coefficient (Wildman–Crippen LogP) is 2.59. The first-order valence-electron chi connectivity index (χ1n) is 4.98. The molecule has 5 heteroatoms. The summed E-state index contributed by atoms with van der Waals surface area (Å²) in [4.78, 5) is 4.25. The number of nitrogens with zero attached hydrogens (tertiary/aromatic N) is 1. The SMILES string of the molecule is Nc1cc(Br)cnc1NCC1CCSC1. The smallest absolute Gasteiger partial charge is 0.149 e. The van der Waals surface area contributed by atoms with Gasteiger partial charge in [-0.3, -0.25) is 0 Å². The van der Waals surface area contributed by atoms with Gasteiger partial charge in [-0.05, 0) is 45.8 Å². The molecule has 0 aliphatic carbocycles. The van der Waals surface area contributed by atoms with Crippen LogP contribution in [-0.4, -0.2) is 23.0 Å². The minimum atomic E-state index is 0.704. The molecular weight excluding hydrogens is 274 g/mol. The Morgan fingerprint density at radius 1 is 1.67 bits per heavy atom. The zero-order chi connectivity index (χ0) is 10.7. The van der Waals surface area contributed by atoms with Crippen LogP contribution in [0.5, 0.6) is 0 Å². The van der Waals surface area contributed by atoms with E-state index in [1.807, 2.05) is 17.8 Å². The highest BCUT2D eigenvalue weighted by atomic mass is 79.9. The van der Waals surface area contributed by atoms with E-state index in [1.165, 1.54) is 17.9 Å². The van der Waals surface area contributed by atoms with Crippen LogP contribution in [0, 0.1) is 5.92 Å². The van der Waals surface area contributed by atoms with E-state index in [0.717, 1.165) is 22.8 Å². The van der Waals surface area contributed by atoms with E-state index < -0.39 is 0 Å². The maximum Gasteiger partial charge on any atom is 0.149 e. The van der Waals surface area contributed by atoms with Crippen molar-refractivity contribution in [3.8, 4) is 0 Å². The Hall–Kier alpha value is -0.420. The van der Waals surface area contributed by atoms with Gasteiger partial charge < -0.3 is 11.1 Å². The number of hydrogen-bond donors (Lipinski definition) is 2. The van der Waals surface area contributed by atoms with Gasteiger partial charge >= 0.3 is 0 Å². The van der Waals surface area contributed by atoms with Gasteiger partial charge in [0.2, 0.25) is 0 Å². The summed E-state index contributed by atoms with van der Waals surface area (Å²) in [7, 11) is 0. The lowest BCUT2D eigenvalue weighted by molar-refractivity contribution is 0.631. The Labute approximate surface area is 102 Å². The van der Waals surface area contributed by atoms with Crippen LogP contribution in [0.25, 0.3) is 0 Å². The van der Waals surface area contributed by atoms with Gasteiger partial charge in [0.15, 0.2) is 0 Å². The third-order valence-corrected chi connectivity index (χ3v) is 4.13. The Kier molecular flexibility index (Phi) is 3.75. The molecule has 0 amide bonds. The fourth-order valence-corrected chi connectivity index (χ4v) is 3.22. The summed E-state index contributed by atoms with van der Waals surface area (Å²) in [6.07, 6.45) is 3.07. The van der Waals surface area contributed by atoms with Gasteiger partial charge in [0, 0.05) is 17.2 Å². The van der Waals surface area contributed by atoms with Crippen molar-refractivity contribution in [3.63, 3.8) is 0 Å². The molecule has 0 radical (unpaired) electrons. The summed E-state index contributed by atoms with van der Waals surface area (Å²) >= 11 is 5.36. The maximum atomic E-state index is 5.85. The number of nitrogen functional groups attached to an aromatic ring is 1. The van der Waals surface area contributed by atoms with Crippen LogP contribution in [-0.2, 0) is 0 Å². The van der Waals surface area contributed by atoms with Gasteiger partial charge in [0.05, 0.1) is 5.69 Å². The quantitative estimate of drug-likeness (QED) is 0.897. The number of anilines is 2. The van der Waals surface area contributed by atoms with E-state index >= 15 is 0 Å². The maximum absolute atomic E-state index is 5.85. The Morgan fingerprint density at radius 2 is 2.53 bits per heavy atom. The van der Waals surface area contributed by atoms with Crippen molar-refractivity contribution >= 4 is 39.2 Å². The van der Waals surface area contributed by atoms with Gasteiger partial charge in [-0.25, -0.2) is 4.98 Å². The van der Waals surface area contributed by atoms with Gasteiger partial charge in [0.25, 0.3) is 0 Å². The van der Waals surface area contributed by atoms with Crippen molar-refractivity contribution in [1.82, 2.24) is 4.98 Å². The molecule has 1 aromatic rings. The molecule has 1 aliphatic rings. The van der Waals surface area contributed by atoms with Crippen LogP contribution in [0.3, 0.4) is 0 Å². The molecule has 0 aromatic carbocycles. The summed E-state index contributed by atoms with van der Waals surface area (Å²) in [6, 6.07) is 1.87. The average molecular weight is 288 g/mol. The van der Waals surface area contributed by atoms with Crippen LogP contribution in [0.15, 0.2) is 16.7 Å². The van der Waals surface area contributed by atoms with E-state index in [4.69, 9.17) is 5.73 Å². The van der Waals surface area contributed by atoms with Crippen molar-refractivity contribution < 1.29 is 0 Å². The second kappa shape index (κ2) is 5.07. The normalized spacial score (nSPS) is 20.5. The van der Waals surface area contributed by atoms with E-state index in [0.29, 0.717) is 5.69 Å². The molecule has 1 fully saturated rings. The first-order valence-corrected chi connectivity index (χ1v) is 6.93. The third-order valence-electron chi connectivity index (χ3n) is 2.47. The molecule has 1 aromatic heterocycles. The Balaban J connectivity index is 1.92. The highest BCUT2D eigenvalue weighted by Gasteiger charge is 2.15. The average Bonchev–Trinajstić information content (AvgIpc) is 2.69. The highest BCUT2D eigenvalue weighted by Crippen LogP contribution is 2.25. The first-order chi connectivity index (χ1) is 7.25. The van der Waals surface area contributed by atoms with Crippen LogP contribution in [0.2, 0.25) is 0 Å². The second-order valence-corrected chi connectivity index (χ2v) is 5.77. The Bertz CT molecular complexity index is 339. The molecule has 1 unspecified atom stereocenters. The van der Waals surface area contributed by atoms with Crippen LogP contribution < -0.4 is 11.1 Å². The van der Waals surface area contributed by atoms with Crippen molar-refractivity contribution in [1.29, 1.82) is 0 Å². The lowest BCUT2D eigenvalue weighted by atomic mass is 10.1. The summed E-state index contributed by atoms with van der Waals surface area (Å²) in [5.74, 6) is 4.11. The number of aromatic nitrogens is 1. The summed E-state index contributed by atoms with van der Waals surface area (Å²) in [5.41, 5.74) is 6.55. The zero-order valence-electron chi connectivity index (χ0n) is 8.37. The highest BCUT2D eigenvalue weighted by molar-refractivity contribution is 9.10. The van der Waals surface area contributed by atoms with E-state index in [1.54, 1.807) is 6.20 Å². The number of pyridine rings is 1. The van der Waals surface area contributed by atoms with E-state index in [2.05, 4.69) is 26.2 Å². The lowest BCUT2D eigenvalue weighted by Gasteiger charge is -2.12. The van der Waals surface area contributed by atoms with Crippen LogP contribution in [0.1, 0.15) is 6.42 Å². The van der Waals surface area contributed by atoms with E-state index in [9.17, 15) is 0 Å². The number of nitrogens with two attached hydrogens (primary N) is 1. The second-order valence-electron chi connectivity index (χ2n) is 3.70. The van der Waals surface area contributed by atoms with Gasteiger partial charge in [-0.2, -0.15) is 11.8 Å². The first kappa shape index (κ1) is 11.1. The van der Waals surface area contributed by atoms with Crippen molar-refractivity contribution in [3.05, 3.63) is 16.7 Å². The largest absolute Gasteiger partial charge is 0.396 e. The predicted molar refractivity (Wildman–Crippen MR) is 70.3 cm³/mol. The van der Waals surface area contributed by atoms with Crippen LogP contribution in [0.4, 0.5) is 11.5 Å². The molecule has 1 aliphatic heterocycles. The third kappa shape index (κ3) is 3.01. The molecule has 82 valence electrons. The molecule has 3 nitrogen and oxygen atoms in total. The standard InChI is InChI=1S/C10H14BrN3S/c11-8-3-9(12)10(14-5-8)13-4-7-1-2-15-6-7/h3,5,7H,1-2,4,6,12H2,(H,13,14). The van der Waals surface area contributed by atoms with Crippen molar-refractivity contribution in [2.75, 3.05) is 29.1 Å². The fraction of sp³-hybridized carbons (Fsp3) is 0.500. The van der Waals surface area contributed by atoms with Crippen molar-refractivity contribution in [2.45, 2.75) is 6.42 Å². The number of thioether (sulfide) groups is 1. The summed E-state index contributed by atoms with van der Waals surface area (Å²) in [5, 5.41) is 3.31. The van der Waals surface area contributed by atoms with Gasteiger partial charge in [0.1, 0.15) is 5.82 Å². The molecule has 3 N–H and O–H groups in total. The molecule has 1 saturated heterocycles. The number of rotatable bonds is 3. The number of nitrogens with one attached hydrogen (secondary N) is 1. The van der Waals surface area contributed by atoms with Crippen molar-refractivity contribution in [2.24, 2.45) is 5.92 Å². The Morgan fingerprint density at radius 3 is 3.20 bits per heavy atom.